The van der Waals surface area contributed by atoms with Crippen LogP contribution in [-0.2, 0) is 0 Å². The van der Waals surface area contributed by atoms with E-state index in [1.807, 2.05) is 12.1 Å². The van der Waals surface area contributed by atoms with Crippen molar-refractivity contribution in [3.05, 3.63) is 34.6 Å². The first-order chi connectivity index (χ1) is 8.56. The van der Waals surface area contributed by atoms with Crippen molar-refractivity contribution in [3.63, 3.8) is 0 Å². The molecular formula is C16H24ClF. The van der Waals surface area contributed by atoms with Crippen LogP contribution < -0.4 is 0 Å². The molecule has 102 valence electrons. The molecule has 0 aliphatic heterocycles. The van der Waals surface area contributed by atoms with Crippen molar-refractivity contribution in [2.45, 2.75) is 64.7 Å². The smallest absolute Gasteiger partial charge is 0.129 e. The number of alkyl halides is 1. The molecule has 0 nitrogen and oxygen atoms in total. The molecule has 0 fully saturated rings. The van der Waals surface area contributed by atoms with Gasteiger partial charge >= 0.3 is 0 Å². The van der Waals surface area contributed by atoms with Gasteiger partial charge < -0.3 is 0 Å². The van der Waals surface area contributed by atoms with Gasteiger partial charge in [0.25, 0.3) is 0 Å². The Morgan fingerprint density at radius 2 is 1.61 bits per heavy atom. The number of rotatable bonds is 7. The molecule has 2 heteroatoms. The fourth-order valence-electron chi connectivity index (χ4n) is 2.25. The predicted molar refractivity (Wildman–Crippen MR) is 77.8 cm³/mol. The molecule has 0 bridgehead atoms. The highest BCUT2D eigenvalue weighted by atomic mass is 35.5. The molecule has 0 saturated heterocycles. The molecule has 0 spiro atoms. The second-order valence-electron chi connectivity index (χ2n) is 5.14. The van der Waals surface area contributed by atoms with Gasteiger partial charge in [-0.25, -0.2) is 4.39 Å². The number of hydrogen-bond donors (Lipinski definition) is 0. The molecule has 0 aliphatic rings. The van der Waals surface area contributed by atoms with Gasteiger partial charge in [-0.05, 0) is 37.0 Å². The van der Waals surface area contributed by atoms with E-state index in [0.29, 0.717) is 11.1 Å². The van der Waals surface area contributed by atoms with Gasteiger partial charge in [-0.15, -0.1) is 11.6 Å². The van der Waals surface area contributed by atoms with E-state index in [1.165, 1.54) is 25.7 Å². The van der Waals surface area contributed by atoms with Crippen molar-refractivity contribution >= 4 is 11.6 Å². The lowest BCUT2D eigenvalue weighted by atomic mass is 10.0. The Balaban J connectivity index is 2.49. The van der Waals surface area contributed by atoms with E-state index in [0.717, 1.165) is 18.4 Å². The lowest BCUT2D eigenvalue weighted by Crippen LogP contribution is -1.96. The zero-order valence-electron chi connectivity index (χ0n) is 11.7. The molecule has 1 aromatic rings. The van der Waals surface area contributed by atoms with Gasteiger partial charge in [0.1, 0.15) is 5.82 Å². The first kappa shape index (κ1) is 15.5. The fraction of sp³-hybridized carbons (Fsp3) is 0.625. The van der Waals surface area contributed by atoms with Crippen LogP contribution in [0.3, 0.4) is 0 Å². The zero-order valence-corrected chi connectivity index (χ0v) is 12.5. The summed E-state index contributed by atoms with van der Waals surface area (Å²) in [7, 11) is 0. The SMILES string of the molecule is CCCCCCCC(Cl)c1cc(C)c(F)c(C)c1. The zero-order chi connectivity index (χ0) is 13.5. The molecule has 1 rings (SSSR count). The van der Waals surface area contributed by atoms with E-state index >= 15 is 0 Å². The van der Waals surface area contributed by atoms with Crippen LogP contribution in [0.25, 0.3) is 0 Å². The quantitative estimate of drug-likeness (QED) is 0.416. The summed E-state index contributed by atoms with van der Waals surface area (Å²) >= 11 is 6.39. The Labute approximate surface area is 116 Å². The average molecular weight is 271 g/mol. The molecule has 18 heavy (non-hydrogen) atoms. The standard InChI is InChI=1S/C16H24ClF/c1-4-5-6-7-8-9-15(17)14-10-12(2)16(18)13(3)11-14/h10-11,15H,4-9H2,1-3H3. The van der Waals surface area contributed by atoms with Gasteiger partial charge in [0.2, 0.25) is 0 Å². The van der Waals surface area contributed by atoms with Crippen LogP contribution in [0.4, 0.5) is 4.39 Å². The number of hydrogen-bond acceptors (Lipinski definition) is 0. The maximum Gasteiger partial charge on any atom is 0.129 e. The monoisotopic (exact) mass is 270 g/mol. The number of benzene rings is 1. The lowest BCUT2D eigenvalue weighted by molar-refractivity contribution is 0.595. The normalized spacial score (nSPS) is 12.7. The van der Waals surface area contributed by atoms with E-state index < -0.39 is 0 Å². The van der Waals surface area contributed by atoms with Crippen molar-refractivity contribution in [3.8, 4) is 0 Å². The van der Waals surface area contributed by atoms with Crippen LogP contribution in [0.1, 0.15) is 67.5 Å². The van der Waals surface area contributed by atoms with Crippen molar-refractivity contribution in [2.24, 2.45) is 0 Å². The van der Waals surface area contributed by atoms with Crippen molar-refractivity contribution in [1.82, 2.24) is 0 Å². The Hall–Kier alpha value is -0.560. The minimum Gasteiger partial charge on any atom is -0.206 e. The van der Waals surface area contributed by atoms with E-state index in [1.54, 1.807) is 13.8 Å². The van der Waals surface area contributed by atoms with Crippen LogP contribution in [0.5, 0.6) is 0 Å². The van der Waals surface area contributed by atoms with Gasteiger partial charge in [-0.2, -0.15) is 0 Å². The highest BCUT2D eigenvalue weighted by Gasteiger charge is 2.11. The summed E-state index contributed by atoms with van der Waals surface area (Å²) in [6.45, 7) is 5.82. The van der Waals surface area contributed by atoms with Crippen molar-refractivity contribution in [2.75, 3.05) is 0 Å². The first-order valence-corrected chi connectivity index (χ1v) is 7.40. The van der Waals surface area contributed by atoms with Gasteiger partial charge in [0.15, 0.2) is 0 Å². The fourth-order valence-corrected chi connectivity index (χ4v) is 2.53. The molecule has 0 aromatic heterocycles. The van der Waals surface area contributed by atoms with E-state index in [-0.39, 0.29) is 11.2 Å². The lowest BCUT2D eigenvalue weighted by Gasteiger charge is -2.12. The Morgan fingerprint density at radius 1 is 1.06 bits per heavy atom. The molecule has 0 amide bonds. The summed E-state index contributed by atoms with van der Waals surface area (Å²) < 4.78 is 13.5. The molecular weight excluding hydrogens is 247 g/mol. The third-order valence-electron chi connectivity index (χ3n) is 3.38. The van der Waals surface area contributed by atoms with Gasteiger partial charge in [0.05, 0.1) is 5.38 Å². The molecule has 1 aromatic carbocycles. The topological polar surface area (TPSA) is 0 Å². The van der Waals surface area contributed by atoms with E-state index in [4.69, 9.17) is 11.6 Å². The summed E-state index contributed by atoms with van der Waals surface area (Å²) in [6, 6.07) is 3.76. The second-order valence-corrected chi connectivity index (χ2v) is 5.67. The van der Waals surface area contributed by atoms with E-state index in [9.17, 15) is 4.39 Å². The molecule has 0 aliphatic carbocycles. The molecule has 0 heterocycles. The summed E-state index contributed by atoms with van der Waals surface area (Å²) in [5.41, 5.74) is 2.45. The number of halogens is 2. The third kappa shape index (κ3) is 4.61. The summed E-state index contributed by atoms with van der Waals surface area (Å²) in [6.07, 6.45) is 7.25. The van der Waals surface area contributed by atoms with Crippen molar-refractivity contribution in [1.29, 1.82) is 0 Å². The maximum atomic E-state index is 13.5. The predicted octanol–water partition coefficient (Wildman–Crippen LogP) is 6.08. The minimum atomic E-state index is -0.106. The summed E-state index contributed by atoms with van der Waals surface area (Å²) in [5.74, 6) is -0.106. The summed E-state index contributed by atoms with van der Waals surface area (Å²) in [5, 5.41) is 0.0182. The largest absolute Gasteiger partial charge is 0.206 e. The van der Waals surface area contributed by atoms with Crippen LogP contribution in [0.2, 0.25) is 0 Å². The Kier molecular flexibility index (Phi) is 6.70. The highest BCUT2D eigenvalue weighted by Crippen LogP contribution is 2.29. The molecule has 0 N–H and O–H groups in total. The maximum absolute atomic E-state index is 13.5. The van der Waals surface area contributed by atoms with Crippen LogP contribution in [-0.4, -0.2) is 0 Å². The average Bonchev–Trinajstić information content (AvgIpc) is 2.34. The second kappa shape index (κ2) is 7.78. The first-order valence-electron chi connectivity index (χ1n) is 6.97. The van der Waals surface area contributed by atoms with Gasteiger partial charge in [0, 0.05) is 0 Å². The minimum absolute atomic E-state index is 0.0182. The van der Waals surface area contributed by atoms with Crippen LogP contribution in [0.15, 0.2) is 12.1 Å². The highest BCUT2D eigenvalue weighted by molar-refractivity contribution is 6.20. The van der Waals surface area contributed by atoms with Crippen molar-refractivity contribution < 1.29 is 4.39 Å². The Morgan fingerprint density at radius 3 is 2.17 bits per heavy atom. The van der Waals surface area contributed by atoms with Gasteiger partial charge in [-0.1, -0.05) is 51.2 Å². The van der Waals surface area contributed by atoms with Crippen LogP contribution in [0, 0.1) is 19.7 Å². The molecule has 1 atom stereocenters. The molecule has 1 unspecified atom stereocenters. The number of aryl methyl sites for hydroxylation is 2. The molecule has 0 saturated carbocycles. The van der Waals surface area contributed by atoms with E-state index in [2.05, 4.69) is 6.92 Å². The Bertz CT molecular complexity index is 350. The summed E-state index contributed by atoms with van der Waals surface area (Å²) in [4.78, 5) is 0. The van der Waals surface area contributed by atoms with Gasteiger partial charge in [-0.3, -0.25) is 0 Å². The van der Waals surface area contributed by atoms with Crippen LogP contribution >= 0.6 is 11.6 Å². The number of unbranched alkanes of at least 4 members (excludes halogenated alkanes) is 4. The molecule has 0 radical (unpaired) electrons. The third-order valence-corrected chi connectivity index (χ3v) is 3.85.